The number of imidazole rings is 1. The van der Waals surface area contributed by atoms with Crippen molar-refractivity contribution in [2.75, 3.05) is 13.1 Å². The highest BCUT2D eigenvalue weighted by atomic mass is 16.4. The molecule has 286 valence electrons. The Bertz CT molecular complexity index is 1920. The van der Waals surface area contributed by atoms with Crippen molar-refractivity contribution < 1.29 is 29.1 Å². The summed E-state index contributed by atoms with van der Waals surface area (Å²) in [6.07, 6.45) is 6.15. The molecule has 54 heavy (non-hydrogen) atoms. The van der Waals surface area contributed by atoms with Gasteiger partial charge in [-0.2, -0.15) is 0 Å². The van der Waals surface area contributed by atoms with Gasteiger partial charge in [0.15, 0.2) is 5.96 Å². The zero-order valence-corrected chi connectivity index (χ0v) is 29.7. The van der Waals surface area contributed by atoms with Gasteiger partial charge in [-0.3, -0.25) is 24.6 Å². The summed E-state index contributed by atoms with van der Waals surface area (Å²) >= 11 is 0. The largest absolute Gasteiger partial charge is 0.480 e. The van der Waals surface area contributed by atoms with E-state index in [4.69, 9.17) is 16.9 Å². The number of benzene rings is 2. The number of aliphatic carboxylic acids is 1. The molecule has 5 rings (SSSR count). The number of nitrogens with one attached hydrogen (secondary N) is 7. The Morgan fingerprint density at radius 3 is 2.33 bits per heavy atom. The van der Waals surface area contributed by atoms with Crippen molar-refractivity contribution in [3.05, 3.63) is 90.1 Å². The fraction of sp³-hybridized carbons (Fsp3) is 0.378. The van der Waals surface area contributed by atoms with Crippen LogP contribution < -0.4 is 32.7 Å². The van der Waals surface area contributed by atoms with E-state index in [1.807, 2.05) is 54.6 Å². The van der Waals surface area contributed by atoms with Crippen molar-refractivity contribution >= 4 is 46.5 Å². The Morgan fingerprint density at radius 1 is 0.907 bits per heavy atom. The van der Waals surface area contributed by atoms with Gasteiger partial charge in [0.1, 0.15) is 24.2 Å². The lowest BCUT2D eigenvalue weighted by Gasteiger charge is -2.29. The Kier molecular flexibility index (Phi) is 13.4. The first-order valence-electron chi connectivity index (χ1n) is 17.8. The average Bonchev–Trinajstić information content (AvgIpc) is 3.94. The molecule has 1 saturated heterocycles. The van der Waals surface area contributed by atoms with Crippen molar-refractivity contribution in [1.82, 2.24) is 41.1 Å². The fourth-order valence-electron chi connectivity index (χ4n) is 6.61. The highest BCUT2D eigenvalue weighted by molar-refractivity contribution is 5.96. The van der Waals surface area contributed by atoms with Crippen LogP contribution in [0.2, 0.25) is 0 Å². The molecular weight excluding hydrogens is 694 g/mol. The number of carbonyl (C=O) groups is 5. The maximum atomic E-state index is 14.2. The highest BCUT2D eigenvalue weighted by Gasteiger charge is 2.39. The molecule has 0 unspecified atom stereocenters. The third kappa shape index (κ3) is 10.4. The molecule has 0 radical (unpaired) electrons. The first-order valence-corrected chi connectivity index (χ1v) is 17.8. The van der Waals surface area contributed by atoms with Gasteiger partial charge in [-0.1, -0.05) is 48.5 Å². The van der Waals surface area contributed by atoms with Crippen molar-refractivity contribution in [2.24, 2.45) is 11.5 Å². The quantitative estimate of drug-likeness (QED) is 0.0371. The number of H-pyrrole nitrogens is 2. The van der Waals surface area contributed by atoms with Gasteiger partial charge < -0.3 is 52.7 Å². The molecule has 2 aromatic carbocycles. The van der Waals surface area contributed by atoms with Crippen LogP contribution in [0.1, 0.15) is 42.5 Å². The molecule has 1 aliphatic heterocycles. The Balaban J connectivity index is 1.37. The van der Waals surface area contributed by atoms with E-state index in [2.05, 4.69) is 36.2 Å². The smallest absolute Gasteiger partial charge is 0.326 e. The second-order valence-electron chi connectivity index (χ2n) is 13.3. The van der Waals surface area contributed by atoms with Crippen molar-refractivity contribution in [3.63, 3.8) is 0 Å². The predicted molar refractivity (Wildman–Crippen MR) is 200 cm³/mol. The van der Waals surface area contributed by atoms with Gasteiger partial charge in [0.25, 0.3) is 0 Å². The minimum atomic E-state index is -1.26. The third-order valence-electron chi connectivity index (χ3n) is 9.39. The van der Waals surface area contributed by atoms with Crippen LogP contribution in [0, 0.1) is 5.41 Å². The molecule has 5 atom stereocenters. The standard InChI is InChI=1S/C37H47N11O6/c38-26(16-22-8-2-1-3-9-22)32(49)45-28(12-6-14-42-37(39)40)33(50)46-29(18-24-20-41-21-44-24)34(51)47-30(35(52)48-15-7-13-31(48)36(53)54)17-23-19-43-27-11-5-4-10-25(23)27/h1-5,8-11,19-21,26,28-31,43H,6-7,12-18,38H2,(H,41,44)(H,45,49)(H,46,50)(H,47,51)(H,53,54)(H4,39,40,42)/t26-,28-,29-,30-,31-/m0/s1. The number of aromatic amines is 2. The van der Waals surface area contributed by atoms with E-state index >= 15 is 0 Å². The van der Waals surface area contributed by atoms with Crippen LogP contribution in [0.5, 0.6) is 0 Å². The Morgan fingerprint density at radius 2 is 1.61 bits per heavy atom. The third-order valence-corrected chi connectivity index (χ3v) is 9.39. The second kappa shape index (κ2) is 18.5. The van der Waals surface area contributed by atoms with Crippen LogP contribution in [-0.2, 0) is 43.2 Å². The summed E-state index contributed by atoms with van der Waals surface area (Å²) in [5.74, 6) is -3.90. The summed E-state index contributed by atoms with van der Waals surface area (Å²) in [6, 6.07) is 11.1. The SMILES string of the molecule is N=C(N)NCCC[C@H](NC(=O)[C@@H](N)Cc1ccccc1)C(=O)N[C@@H](Cc1c[nH]cn1)C(=O)N[C@@H](Cc1c[nH]c2ccccc12)C(=O)N1CCC[C@H]1C(=O)O. The normalized spacial score (nSPS) is 16.2. The number of hydrogen-bond donors (Lipinski definition) is 10. The number of para-hydroxylation sites is 1. The fourth-order valence-corrected chi connectivity index (χ4v) is 6.61. The maximum absolute atomic E-state index is 14.2. The monoisotopic (exact) mass is 741 g/mol. The molecule has 17 nitrogen and oxygen atoms in total. The van der Waals surface area contributed by atoms with E-state index in [0.717, 1.165) is 22.0 Å². The number of likely N-dealkylation sites (tertiary alicyclic amines) is 1. The summed E-state index contributed by atoms with van der Waals surface area (Å²) in [5, 5.41) is 29.1. The first kappa shape index (κ1) is 39.0. The van der Waals surface area contributed by atoms with Crippen LogP contribution in [0.4, 0.5) is 0 Å². The predicted octanol–water partition coefficient (Wildman–Crippen LogP) is 0.0395. The molecule has 17 heteroatoms. The number of hydrogen-bond acceptors (Lipinski definition) is 8. The second-order valence-corrected chi connectivity index (χ2v) is 13.3. The van der Waals surface area contributed by atoms with Gasteiger partial charge in [-0.15, -0.1) is 0 Å². The lowest BCUT2D eigenvalue weighted by molar-refractivity contribution is -0.149. The number of guanidine groups is 1. The molecule has 2 aromatic heterocycles. The lowest BCUT2D eigenvalue weighted by atomic mass is 10.0. The molecule has 0 saturated carbocycles. The molecule has 1 fully saturated rings. The van der Waals surface area contributed by atoms with Crippen LogP contribution >= 0.6 is 0 Å². The van der Waals surface area contributed by atoms with E-state index in [0.29, 0.717) is 18.5 Å². The van der Waals surface area contributed by atoms with Crippen LogP contribution in [0.25, 0.3) is 10.9 Å². The van der Waals surface area contributed by atoms with Gasteiger partial charge >= 0.3 is 5.97 Å². The van der Waals surface area contributed by atoms with Crippen LogP contribution in [0.3, 0.4) is 0 Å². The van der Waals surface area contributed by atoms with Gasteiger partial charge in [-0.25, -0.2) is 9.78 Å². The molecule has 0 spiro atoms. The molecule has 0 aliphatic carbocycles. The topological polar surface area (TPSA) is 277 Å². The molecular formula is C37H47N11O6. The van der Waals surface area contributed by atoms with Gasteiger partial charge in [0.05, 0.1) is 18.1 Å². The van der Waals surface area contributed by atoms with E-state index in [1.165, 1.54) is 11.2 Å². The van der Waals surface area contributed by atoms with Gasteiger partial charge in [0, 0.05) is 49.2 Å². The first-order chi connectivity index (χ1) is 26.0. The Labute approximate surface area is 311 Å². The maximum Gasteiger partial charge on any atom is 0.326 e. The molecule has 4 aromatic rings. The molecule has 3 heterocycles. The van der Waals surface area contributed by atoms with E-state index < -0.39 is 59.8 Å². The number of carboxylic acid groups (broad SMARTS) is 1. The van der Waals surface area contributed by atoms with E-state index in [-0.39, 0.29) is 51.2 Å². The van der Waals surface area contributed by atoms with Crippen LogP contribution in [-0.4, -0.2) is 104 Å². The number of aromatic nitrogens is 3. The minimum Gasteiger partial charge on any atom is -0.480 e. The number of fused-ring (bicyclic) bond motifs is 1. The highest BCUT2D eigenvalue weighted by Crippen LogP contribution is 2.23. The van der Waals surface area contributed by atoms with Crippen molar-refractivity contribution in [1.29, 1.82) is 5.41 Å². The van der Waals surface area contributed by atoms with E-state index in [1.54, 1.807) is 12.4 Å². The zero-order chi connectivity index (χ0) is 38.6. The summed E-state index contributed by atoms with van der Waals surface area (Å²) in [5.41, 5.74) is 14.5. The van der Waals surface area contributed by atoms with Gasteiger partial charge in [0.2, 0.25) is 23.6 Å². The summed E-state index contributed by atoms with van der Waals surface area (Å²) in [6.45, 7) is 0.462. The van der Waals surface area contributed by atoms with Crippen molar-refractivity contribution in [3.8, 4) is 0 Å². The summed E-state index contributed by atoms with van der Waals surface area (Å²) < 4.78 is 0. The minimum absolute atomic E-state index is 0.0433. The number of carboxylic acids is 1. The summed E-state index contributed by atoms with van der Waals surface area (Å²) in [7, 11) is 0. The number of amides is 4. The molecule has 0 bridgehead atoms. The zero-order valence-electron chi connectivity index (χ0n) is 29.7. The average molecular weight is 742 g/mol. The Hall–Kier alpha value is -6.23. The van der Waals surface area contributed by atoms with Crippen molar-refractivity contribution in [2.45, 2.75) is 75.2 Å². The number of carbonyl (C=O) groups excluding carboxylic acids is 4. The van der Waals surface area contributed by atoms with Crippen LogP contribution in [0.15, 0.2) is 73.3 Å². The molecule has 1 aliphatic rings. The number of nitrogens with two attached hydrogens (primary N) is 2. The summed E-state index contributed by atoms with van der Waals surface area (Å²) in [4.78, 5) is 79.1. The lowest BCUT2D eigenvalue weighted by Crippen LogP contribution is -2.59. The number of nitrogens with zero attached hydrogens (tertiary/aromatic N) is 2. The molecule has 12 N–H and O–H groups in total. The van der Waals surface area contributed by atoms with Gasteiger partial charge in [-0.05, 0) is 49.3 Å². The number of rotatable bonds is 18. The molecule has 4 amide bonds. The van der Waals surface area contributed by atoms with E-state index in [9.17, 15) is 29.1 Å².